The number of pyridine rings is 1. The average molecular weight is 251 g/mol. The van der Waals surface area contributed by atoms with E-state index in [0.717, 1.165) is 12.0 Å². The summed E-state index contributed by atoms with van der Waals surface area (Å²) >= 11 is 0. The quantitative estimate of drug-likeness (QED) is 0.781. The van der Waals surface area contributed by atoms with Gasteiger partial charge in [0.1, 0.15) is 0 Å². The second-order valence-electron chi connectivity index (χ2n) is 3.90. The summed E-state index contributed by atoms with van der Waals surface area (Å²) in [6.45, 7) is 0.719. The van der Waals surface area contributed by atoms with E-state index >= 15 is 0 Å². The van der Waals surface area contributed by atoms with Crippen molar-refractivity contribution >= 4 is 12.0 Å². The topological polar surface area (TPSA) is 82.5 Å². The van der Waals surface area contributed by atoms with Crippen molar-refractivity contribution in [1.29, 1.82) is 0 Å². The molecule has 98 valence electrons. The van der Waals surface area contributed by atoms with Gasteiger partial charge in [-0.1, -0.05) is 0 Å². The number of nitrogens with one attached hydrogen (secondary N) is 1. The van der Waals surface area contributed by atoms with Crippen LogP contribution in [0.25, 0.3) is 0 Å². The van der Waals surface area contributed by atoms with Crippen LogP contribution < -0.4 is 5.32 Å². The monoisotopic (exact) mass is 251 g/mol. The number of amides is 2. The summed E-state index contributed by atoms with van der Waals surface area (Å²) in [6, 6.07) is 3.54. The number of aromatic nitrogens is 1. The molecule has 1 rings (SSSR count). The number of carboxylic acids is 1. The first-order valence-corrected chi connectivity index (χ1v) is 5.69. The molecule has 0 radical (unpaired) electrons. The van der Waals surface area contributed by atoms with E-state index in [1.54, 1.807) is 19.4 Å². The standard InChI is InChI=1S/C12H17N3O3/c1-15(12(18)14-8-4-11(16)17)9-5-10-2-6-13-7-3-10/h2-3,6-7H,4-5,8-9H2,1H3,(H,14,18)(H,16,17). The maximum atomic E-state index is 11.6. The largest absolute Gasteiger partial charge is 0.481 e. The molecule has 0 unspecified atom stereocenters. The second kappa shape index (κ2) is 7.26. The molecule has 0 aliphatic heterocycles. The summed E-state index contributed by atoms with van der Waals surface area (Å²) in [6.07, 6.45) is 4.10. The van der Waals surface area contributed by atoms with Gasteiger partial charge in [-0.25, -0.2) is 4.79 Å². The Hall–Kier alpha value is -2.11. The highest BCUT2D eigenvalue weighted by molar-refractivity contribution is 5.74. The summed E-state index contributed by atoms with van der Waals surface area (Å²) in [7, 11) is 1.68. The van der Waals surface area contributed by atoms with Crippen molar-refractivity contribution in [3.8, 4) is 0 Å². The zero-order chi connectivity index (χ0) is 13.4. The van der Waals surface area contributed by atoms with Crippen LogP contribution in [0.1, 0.15) is 12.0 Å². The van der Waals surface area contributed by atoms with Crippen LogP contribution in [0.4, 0.5) is 4.79 Å². The van der Waals surface area contributed by atoms with Crippen molar-refractivity contribution in [3.63, 3.8) is 0 Å². The molecule has 1 aromatic heterocycles. The van der Waals surface area contributed by atoms with Crippen LogP contribution in [0.2, 0.25) is 0 Å². The molecule has 2 amide bonds. The van der Waals surface area contributed by atoms with Gasteiger partial charge in [0, 0.05) is 32.5 Å². The fourth-order valence-electron chi connectivity index (χ4n) is 1.36. The minimum absolute atomic E-state index is 0.0655. The summed E-state index contributed by atoms with van der Waals surface area (Å²) < 4.78 is 0. The fraction of sp³-hybridized carbons (Fsp3) is 0.417. The molecule has 1 heterocycles. The molecule has 0 fully saturated rings. The number of hydrogen-bond acceptors (Lipinski definition) is 3. The molecule has 0 aliphatic rings. The fourth-order valence-corrected chi connectivity index (χ4v) is 1.36. The number of aliphatic carboxylic acids is 1. The molecule has 0 spiro atoms. The Balaban J connectivity index is 2.25. The minimum atomic E-state index is -0.922. The Morgan fingerprint density at radius 3 is 2.67 bits per heavy atom. The predicted octanol–water partition coefficient (Wildman–Crippen LogP) is 0.740. The number of carbonyl (C=O) groups excluding carboxylic acids is 1. The van der Waals surface area contributed by atoms with Gasteiger partial charge in [0.25, 0.3) is 0 Å². The lowest BCUT2D eigenvalue weighted by Gasteiger charge is -2.17. The number of nitrogens with zero attached hydrogens (tertiary/aromatic N) is 2. The maximum Gasteiger partial charge on any atom is 0.317 e. The first kappa shape index (κ1) is 14.0. The lowest BCUT2D eigenvalue weighted by atomic mass is 10.2. The molecule has 6 nitrogen and oxygen atoms in total. The van der Waals surface area contributed by atoms with E-state index in [4.69, 9.17) is 5.11 Å². The number of urea groups is 1. The highest BCUT2D eigenvalue weighted by Crippen LogP contribution is 1.99. The molecule has 1 aromatic rings. The van der Waals surface area contributed by atoms with E-state index in [-0.39, 0.29) is 19.0 Å². The molecule has 0 atom stereocenters. The van der Waals surface area contributed by atoms with Gasteiger partial charge in [-0.3, -0.25) is 9.78 Å². The van der Waals surface area contributed by atoms with Crippen LogP contribution in [0.15, 0.2) is 24.5 Å². The number of hydrogen-bond donors (Lipinski definition) is 2. The van der Waals surface area contributed by atoms with Crippen molar-refractivity contribution < 1.29 is 14.7 Å². The van der Waals surface area contributed by atoms with Gasteiger partial charge in [0.2, 0.25) is 0 Å². The Morgan fingerprint density at radius 2 is 2.06 bits per heavy atom. The maximum absolute atomic E-state index is 11.6. The van der Waals surface area contributed by atoms with E-state index in [2.05, 4.69) is 10.3 Å². The van der Waals surface area contributed by atoms with E-state index in [1.165, 1.54) is 4.90 Å². The highest BCUT2D eigenvalue weighted by atomic mass is 16.4. The third-order valence-corrected chi connectivity index (χ3v) is 2.45. The molecule has 0 aromatic carbocycles. The zero-order valence-corrected chi connectivity index (χ0v) is 10.3. The molecule has 0 saturated carbocycles. The van der Waals surface area contributed by atoms with Gasteiger partial charge in [-0.15, -0.1) is 0 Å². The molecular formula is C12H17N3O3. The third kappa shape index (κ3) is 5.29. The molecule has 6 heteroatoms. The van der Waals surface area contributed by atoms with Crippen LogP contribution in [0, 0.1) is 0 Å². The third-order valence-electron chi connectivity index (χ3n) is 2.45. The molecular weight excluding hydrogens is 234 g/mol. The van der Waals surface area contributed by atoms with Crippen molar-refractivity contribution in [2.45, 2.75) is 12.8 Å². The second-order valence-corrected chi connectivity index (χ2v) is 3.90. The van der Waals surface area contributed by atoms with Crippen LogP contribution in [0.3, 0.4) is 0 Å². The van der Waals surface area contributed by atoms with Crippen molar-refractivity contribution in [2.75, 3.05) is 20.1 Å². The van der Waals surface area contributed by atoms with E-state index < -0.39 is 5.97 Å². The summed E-state index contributed by atoms with van der Waals surface area (Å²) in [4.78, 5) is 27.3. The van der Waals surface area contributed by atoms with Crippen LogP contribution in [-0.4, -0.2) is 47.1 Å². The zero-order valence-electron chi connectivity index (χ0n) is 10.3. The van der Waals surface area contributed by atoms with Gasteiger partial charge in [0.15, 0.2) is 0 Å². The van der Waals surface area contributed by atoms with Crippen molar-refractivity contribution in [2.24, 2.45) is 0 Å². The molecule has 0 aliphatic carbocycles. The van der Waals surface area contributed by atoms with Gasteiger partial charge < -0.3 is 15.3 Å². The highest BCUT2D eigenvalue weighted by Gasteiger charge is 2.08. The number of likely N-dealkylation sites (N-methyl/N-ethyl adjacent to an activating group) is 1. The molecule has 18 heavy (non-hydrogen) atoms. The van der Waals surface area contributed by atoms with Gasteiger partial charge in [-0.05, 0) is 24.1 Å². The number of carboxylic acid groups (broad SMARTS) is 1. The van der Waals surface area contributed by atoms with Crippen LogP contribution >= 0.6 is 0 Å². The van der Waals surface area contributed by atoms with E-state index in [0.29, 0.717) is 6.54 Å². The predicted molar refractivity (Wildman–Crippen MR) is 66.2 cm³/mol. The Morgan fingerprint density at radius 1 is 1.39 bits per heavy atom. The Bertz CT molecular complexity index is 395. The van der Waals surface area contributed by atoms with Gasteiger partial charge in [0.05, 0.1) is 6.42 Å². The van der Waals surface area contributed by atoms with Crippen LogP contribution in [0.5, 0.6) is 0 Å². The summed E-state index contributed by atoms with van der Waals surface area (Å²) in [5.41, 5.74) is 1.11. The first-order chi connectivity index (χ1) is 8.59. The van der Waals surface area contributed by atoms with E-state index in [9.17, 15) is 9.59 Å². The number of rotatable bonds is 6. The molecule has 0 saturated heterocycles. The lowest BCUT2D eigenvalue weighted by Crippen LogP contribution is -2.39. The van der Waals surface area contributed by atoms with Crippen molar-refractivity contribution in [3.05, 3.63) is 30.1 Å². The normalized spacial score (nSPS) is 9.83. The van der Waals surface area contributed by atoms with Gasteiger partial charge >= 0.3 is 12.0 Å². The number of carbonyl (C=O) groups is 2. The minimum Gasteiger partial charge on any atom is -0.481 e. The summed E-state index contributed by atoms with van der Waals surface area (Å²) in [5, 5.41) is 11.0. The lowest BCUT2D eigenvalue weighted by molar-refractivity contribution is -0.136. The van der Waals surface area contributed by atoms with Crippen molar-refractivity contribution in [1.82, 2.24) is 15.2 Å². The Labute approximate surface area is 106 Å². The SMILES string of the molecule is CN(CCc1ccncc1)C(=O)NCCC(=O)O. The molecule has 2 N–H and O–H groups in total. The van der Waals surface area contributed by atoms with E-state index in [1.807, 2.05) is 12.1 Å². The van der Waals surface area contributed by atoms with Gasteiger partial charge in [-0.2, -0.15) is 0 Å². The summed E-state index contributed by atoms with van der Waals surface area (Å²) in [5.74, 6) is -0.922. The average Bonchev–Trinajstić information content (AvgIpc) is 2.36. The van der Waals surface area contributed by atoms with Crippen LogP contribution in [-0.2, 0) is 11.2 Å². The molecule has 0 bridgehead atoms. The Kier molecular flexibility index (Phi) is 5.63. The first-order valence-electron chi connectivity index (χ1n) is 5.69. The smallest absolute Gasteiger partial charge is 0.317 e.